The van der Waals surface area contributed by atoms with E-state index in [1.165, 1.54) is 29.4 Å². The smallest absolute Gasteiger partial charge is 0.478 e. The number of nitrogens with two attached hydrogens (primary N) is 3. The SMILES string of the molecule is CC1(C)OB(c2ccc(C(=O)N3CCC(F)(F)CC3)cc2)OC1(C)C.CCc1cc2c(Cl)cc(-c3ccc(N4CCC(F)(F)CC4)cc3)cc2o1.CCc1cc2c(Cl)cc(Br)cc2o1.ClCCl.NCc1cc2c(Cl)cc(-c3ccc(N4CCC(F)(F)CC4)cc3)cc2o1.Nc1ccc(/C=C/C(=O)NCc2cc3c(Cl)cc(-c4ccc(N5CCC(F)(F)CC5)cc4)cc3o2)nc1.Nc1ccc(/C=C/C(=O)O)cn1. The molecule has 2 amide bonds. The van der Waals surface area contributed by atoms with Crippen LogP contribution in [0.5, 0.6) is 0 Å². The summed E-state index contributed by atoms with van der Waals surface area (Å²) in [6.07, 6.45) is 9.09. The van der Waals surface area contributed by atoms with Crippen LogP contribution in [-0.2, 0) is 44.8 Å². The molecular formula is C106H106BBrCl6F8N10O10. The van der Waals surface area contributed by atoms with Crippen LogP contribution in [0.4, 0.5) is 63.7 Å². The number of nitrogen functional groups attached to an aromatic ring is 2. The molecule has 5 aliphatic heterocycles. The minimum absolute atomic E-state index is 0.0840. The summed E-state index contributed by atoms with van der Waals surface area (Å²) in [5.41, 5.74) is 30.5. The number of anilines is 5. The van der Waals surface area contributed by atoms with E-state index in [-0.39, 0.29) is 88.2 Å². The van der Waals surface area contributed by atoms with E-state index in [0.29, 0.717) is 112 Å². The monoisotopic (exact) mass is 2130 g/mol. The molecule has 0 radical (unpaired) electrons. The number of aromatic nitrogens is 2. The molecule has 5 aliphatic rings. The van der Waals surface area contributed by atoms with E-state index in [1.807, 2.05) is 195 Å². The van der Waals surface area contributed by atoms with E-state index in [9.17, 15) is 49.5 Å². The number of nitrogens with one attached hydrogen (secondary N) is 1. The molecule has 14 aromatic rings. The van der Waals surface area contributed by atoms with E-state index < -0.39 is 48.0 Å². The topological polar surface area (TPSA) is 271 Å². The molecule has 19 rings (SSSR count). The highest BCUT2D eigenvalue weighted by atomic mass is 79.9. The van der Waals surface area contributed by atoms with E-state index in [4.69, 9.17) is 119 Å². The zero-order chi connectivity index (χ0) is 102. The van der Waals surface area contributed by atoms with Gasteiger partial charge >= 0.3 is 13.1 Å². The van der Waals surface area contributed by atoms with Crippen LogP contribution < -0.4 is 42.7 Å². The normalized spacial score (nSPS) is 16.5. The molecule has 5 saturated heterocycles. The Morgan fingerprint density at radius 2 is 0.838 bits per heavy atom. The molecule has 5 fully saturated rings. The predicted molar refractivity (Wildman–Crippen MR) is 558 cm³/mol. The first kappa shape index (κ1) is 108. The predicted octanol–water partition coefficient (Wildman–Crippen LogP) is 27.7. The number of halogens is 15. The van der Waals surface area contributed by atoms with Crippen LogP contribution in [0.15, 0.2) is 241 Å². The van der Waals surface area contributed by atoms with Crippen molar-refractivity contribution in [3.05, 3.63) is 283 Å². The van der Waals surface area contributed by atoms with Crippen molar-refractivity contribution in [3.63, 3.8) is 0 Å². The van der Waals surface area contributed by atoms with Gasteiger partial charge in [-0.2, -0.15) is 0 Å². The van der Waals surface area contributed by atoms with Crippen molar-refractivity contribution >= 4 is 200 Å². The van der Waals surface area contributed by atoms with Gasteiger partial charge in [0.05, 0.1) is 67.3 Å². The molecule has 142 heavy (non-hydrogen) atoms. The van der Waals surface area contributed by atoms with Crippen molar-refractivity contribution in [2.24, 2.45) is 5.73 Å². The van der Waals surface area contributed by atoms with Gasteiger partial charge < -0.3 is 74.2 Å². The molecule has 0 unspecified atom stereocenters. The molecule has 0 bridgehead atoms. The highest BCUT2D eigenvalue weighted by molar-refractivity contribution is 9.10. The largest absolute Gasteiger partial charge is 0.494 e. The van der Waals surface area contributed by atoms with Crippen LogP contribution in [0, 0.1) is 0 Å². The number of benzene rings is 8. The Bertz CT molecular complexity index is 6550. The van der Waals surface area contributed by atoms with Gasteiger partial charge in [-0.25, -0.2) is 44.9 Å². The summed E-state index contributed by atoms with van der Waals surface area (Å²) >= 11 is 38.3. The maximum Gasteiger partial charge on any atom is 0.494 e. The maximum absolute atomic E-state index is 13.5. The number of amides is 2. The molecule has 8 N–H and O–H groups in total. The van der Waals surface area contributed by atoms with Gasteiger partial charge in [-0.05, 0) is 230 Å². The van der Waals surface area contributed by atoms with E-state index in [1.54, 1.807) is 54.6 Å². The number of carboxylic acids is 1. The van der Waals surface area contributed by atoms with Crippen molar-refractivity contribution in [1.82, 2.24) is 20.2 Å². The number of carbonyl (C=O) groups is 3. The quantitative estimate of drug-likeness (QED) is 0.0245. The number of carboxylic acid groups (broad SMARTS) is 1. The Labute approximate surface area is 856 Å². The van der Waals surface area contributed by atoms with Crippen LogP contribution in [0.1, 0.15) is 138 Å². The Hall–Kier alpha value is -11.3. The third-order valence-electron chi connectivity index (χ3n) is 24.9. The van der Waals surface area contributed by atoms with E-state index >= 15 is 0 Å². The molecule has 36 heteroatoms. The van der Waals surface area contributed by atoms with Gasteiger partial charge in [0, 0.05) is 184 Å². The highest BCUT2D eigenvalue weighted by Crippen LogP contribution is 2.43. The van der Waals surface area contributed by atoms with Crippen molar-refractivity contribution in [2.75, 3.05) is 83.9 Å². The molecule has 20 nitrogen and oxygen atoms in total. The standard InChI is InChI=1S/C28H25ClF2N4O2.C21H20ClF2NO.C20H19ClF2N2O.C18H24BF2NO3.C10H8BrClO.C8H8N2O2.CH2Cl2/c29-25-13-19(18-1-6-22(7-2-18)35-11-9-28(30,31)10-12-35)14-26-24(25)15-23(37-26)17-34-27(36)8-5-21-4-3-20(32)16-33-21;1-2-17-13-18-19(22)11-15(12-20(18)26-17)14-3-5-16(6-4-14)25-9-7-21(23,24)8-10-25;21-18-9-14(10-19-17(18)11-16(12-24)26-19)13-1-3-15(4-2-13)25-7-5-20(22,23)6-8-25;1-16(2)17(3,4)25-19(24-16)14-7-5-13(6-8-14)15(23)22-11-9-18(20,21)10-12-22;1-2-7-5-8-9(12)3-6(11)4-10(8)13-7;9-7-3-1-6(5-10-7)2-4-8(11)12;2-1-3/h1-8,13-16H,9-12,17,32H2,(H,34,36);3-6,11-13H,2,7-10H2,1H3;1-4,9-11H,5-8,12,24H2;5-8H,9-12H2,1-4H3;3-5H,2H2,1H3;1-5H,(H2,9,10)(H,11,12);1H2/b8-5+;;;;;4-2+;. The average molecular weight is 2140 g/mol. The number of pyridine rings is 2. The summed E-state index contributed by atoms with van der Waals surface area (Å²) in [7, 11) is -0.483. The van der Waals surface area contributed by atoms with Gasteiger partial charge in [-0.1, -0.05) is 125 Å². The number of hydrogen-bond acceptors (Lipinski definition) is 17. The number of rotatable bonds is 17. The van der Waals surface area contributed by atoms with Crippen molar-refractivity contribution in [1.29, 1.82) is 0 Å². The molecule has 6 aromatic heterocycles. The number of hydrogen-bond donors (Lipinski definition) is 5. The number of carbonyl (C=O) groups excluding carboxylic acids is 2. The van der Waals surface area contributed by atoms with Crippen LogP contribution >= 0.6 is 85.5 Å². The number of likely N-dealkylation sites (tertiary alicyclic amines) is 1. The van der Waals surface area contributed by atoms with Crippen LogP contribution in [0.3, 0.4) is 0 Å². The van der Waals surface area contributed by atoms with Gasteiger partial charge in [-0.15, -0.1) is 23.2 Å². The van der Waals surface area contributed by atoms with E-state index in [2.05, 4.69) is 38.1 Å². The molecule has 0 spiro atoms. The van der Waals surface area contributed by atoms with E-state index in [0.717, 1.165) is 129 Å². The summed E-state index contributed by atoms with van der Waals surface area (Å²) < 4.78 is 143. The summed E-state index contributed by atoms with van der Waals surface area (Å²) in [4.78, 5) is 50.2. The summed E-state index contributed by atoms with van der Waals surface area (Å²) in [6, 6.07) is 60.4. The van der Waals surface area contributed by atoms with Crippen molar-refractivity contribution in [3.8, 4) is 33.4 Å². The Kier molecular flexibility index (Phi) is 36.1. The Morgan fingerprint density at radius 1 is 0.458 bits per heavy atom. The van der Waals surface area contributed by atoms with Gasteiger partial charge in [0.1, 0.15) is 51.2 Å². The fourth-order valence-corrected chi connectivity index (χ4v) is 17.7. The number of alkyl halides is 10. The fourth-order valence-electron chi connectivity index (χ4n) is 16.0. The first-order valence-corrected chi connectivity index (χ1v) is 49.3. The number of furan rings is 4. The molecule has 0 saturated carbocycles. The lowest BCUT2D eigenvalue weighted by Gasteiger charge is -2.33. The lowest BCUT2D eigenvalue weighted by molar-refractivity contribution is -0.131. The number of nitrogens with zero attached hydrogens (tertiary/aromatic N) is 6. The van der Waals surface area contributed by atoms with Crippen molar-refractivity contribution < 1.29 is 81.6 Å². The molecule has 748 valence electrons. The molecule has 0 atom stereocenters. The molecule has 0 aliphatic carbocycles. The lowest BCUT2D eigenvalue weighted by Crippen LogP contribution is -2.42. The summed E-state index contributed by atoms with van der Waals surface area (Å²) in [6.45, 7) is 14.9. The summed E-state index contributed by atoms with van der Waals surface area (Å²) in [5.74, 6) is -8.21. The van der Waals surface area contributed by atoms with Gasteiger partial charge in [0.25, 0.3) is 29.6 Å². The van der Waals surface area contributed by atoms with Crippen LogP contribution in [-0.4, -0.2) is 137 Å². The Morgan fingerprint density at radius 3 is 1.22 bits per heavy atom. The molecule has 8 aromatic carbocycles. The second kappa shape index (κ2) is 47.5. The number of fused-ring (bicyclic) bond motifs is 4. The van der Waals surface area contributed by atoms with Gasteiger partial charge in [0.15, 0.2) is 0 Å². The van der Waals surface area contributed by atoms with Crippen molar-refractivity contribution in [2.45, 2.75) is 154 Å². The second-order valence-electron chi connectivity index (χ2n) is 35.6. The third kappa shape index (κ3) is 29.1. The highest BCUT2D eigenvalue weighted by Gasteiger charge is 2.52. The third-order valence-corrected chi connectivity index (χ3v) is 26.6. The number of piperidine rings is 4. The summed E-state index contributed by atoms with van der Waals surface area (Å²) in [5, 5.41) is 17.3. The van der Waals surface area contributed by atoms with Gasteiger partial charge in [0.2, 0.25) is 5.91 Å². The molecule has 11 heterocycles. The first-order chi connectivity index (χ1) is 67.5. The van der Waals surface area contributed by atoms with Crippen LogP contribution in [0.25, 0.3) is 89.4 Å². The lowest BCUT2D eigenvalue weighted by atomic mass is 9.79. The number of aliphatic carboxylic acids is 1. The fraction of sp³-hybridized carbons (Fsp3) is 0.311. The Balaban J connectivity index is 0.000000147. The zero-order valence-electron chi connectivity index (χ0n) is 78.6. The number of aryl methyl sites for hydroxylation is 2. The minimum Gasteiger partial charge on any atom is -0.478 e. The maximum atomic E-state index is 13.5. The van der Waals surface area contributed by atoms with Gasteiger partial charge in [-0.3, -0.25) is 14.6 Å². The average Bonchev–Trinajstić information content (AvgIpc) is 1.62. The zero-order valence-corrected chi connectivity index (χ0v) is 84.7. The minimum atomic E-state index is -2.66. The van der Waals surface area contributed by atoms with Crippen LogP contribution in [0.2, 0.25) is 20.1 Å². The second-order valence-corrected chi connectivity index (χ2v) is 38.9. The first-order valence-electron chi connectivity index (χ1n) is 45.9. The molecular weight excluding hydrogens is 2030 g/mol.